The molecule has 0 aliphatic heterocycles. The van der Waals surface area contributed by atoms with Gasteiger partial charge in [0.05, 0.1) is 24.4 Å². The monoisotopic (exact) mass is 377 g/mol. The number of quaternary nitrogens is 1. The van der Waals surface area contributed by atoms with E-state index in [0.29, 0.717) is 22.2 Å². The molecule has 2 amide bonds. The van der Waals surface area contributed by atoms with Crippen molar-refractivity contribution in [2.24, 2.45) is 0 Å². The second kappa shape index (κ2) is 8.82. The lowest BCUT2D eigenvalue weighted by Crippen LogP contribution is -3.11. The molecule has 140 valence electrons. The largest absolute Gasteiger partial charge is 0.322 e. The molecule has 0 saturated heterocycles. The Morgan fingerprint density at radius 3 is 2.15 bits per heavy atom. The van der Waals surface area contributed by atoms with E-state index in [4.69, 9.17) is 5.26 Å². The Balaban J connectivity index is 1.86. The molecule has 3 N–H and O–H groups in total. The number of likely N-dealkylation sites (N-methyl/N-ethyl adjacent to an activating group) is 1. The maximum absolute atomic E-state index is 13.5. The lowest BCUT2D eigenvalue weighted by atomic mass is 10.2. The number of hydrogen-bond acceptors (Lipinski definition) is 3. The molecule has 9 heteroatoms. The van der Waals surface area contributed by atoms with Crippen LogP contribution in [0.4, 0.5) is 24.5 Å². The second-order valence-corrected chi connectivity index (χ2v) is 5.82. The van der Waals surface area contributed by atoms with Gasteiger partial charge in [0.15, 0.2) is 30.5 Å². The Hall–Kier alpha value is -3.38. The number of nitrogens with one attached hydrogen (secondary N) is 3. The van der Waals surface area contributed by atoms with Crippen LogP contribution in [0.15, 0.2) is 36.4 Å². The summed E-state index contributed by atoms with van der Waals surface area (Å²) in [5.74, 6) is -5.55. The summed E-state index contributed by atoms with van der Waals surface area (Å²) in [4.78, 5) is 24.4. The number of benzene rings is 2. The number of halogens is 3. The van der Waals surface area contributed by atoms with Gasteiger partial charge in [-0.1, -0.05) is 0 Å². The third-order valence-electron chi connectivity index (χ3n) is 3.53. The second-order valence-electron chi connectivity index (χ2n) is 5.82. The molecular formula is C18H16F3N4O2+. The summed E-state index contributed by atoms with van der Waals surface area (Å²) in [6.45, 7) is -0.257. The Morgan fingerprint density at radius 1 is 0.963 bits per heavy atom. The average molecular weight is 377 g/mol. The molecule has 0 radical (unpaired) electrons. The zero-order valence-electron chi connectivity index (χ0n) is 14.3. The number of rotatable bonds is 6. The molecule has 1 unspecified atom stereocenters. The summed E-state index contributed by atoms with van der Waals surface area (Å²) in [5.41, 5.74) is 0.478. The number of carbonyl (C=O) groups is 2. The molecular weight excluding hydrogens is 361 g/mol. The molecule has 0 aliphatic carbocycles. The van der Waals surface area contributed by atoms with Crippen molar-refractivity contribution >= 4 is 23.2 Å². The number of amides is 2. The molecule has 27 heavy (non-hydrogen) atoms. The highest BCUT2D eigenvalue weighted by molar-refractivity contribution is 5.93. The first-order chi connectivity index (χ1) is 12.8. The first-order valence-corrected chi connectivity index (χ1v) is 7.85. The van der Waals surface area contributed by atoms with Gasteiger partial charge in [-0.15, -0.1) is 0 Å². The van der Waals surface area contributed by atoms with Gasteiger partial charge in [-0.3, -0.25) is 9.59 Å². The van der Waals surface area contributed by atoms with Crippen LogP contribution in [-0.4, -0.2) is 32.0 Å². The predicted octanol–water partition coefficient (Wildman–Crippen LogP) is 1.07. The van der Waals surface area contributed by atoms with Crippen molar-refractivity contribution < 1.29 is 27.7 Å². The third kappa shape index (κ3) is 5.55. The smallest absolute Gasteiger partial charge is 0.279 e. The Kier molecular flexibility index (Phi) is 6.51. The molecule has 0 heterocycles. The summed E-state index contributed by atoms with van der Waals surface area (Å²) in [5, 5.41) is 13.5. The predicted molar refractivity (Wildman–Crippen MR) is 91.4 cm³/mol. The van der Waals surface area contributed by atoms with Crippen molar-refractivity contribution in [1.82, 2.24) is 0 Å². The highest BCUT2D eigenvalue weighted by atomic mass is 19.2. The molecule has 2 rings (SSSR count). The normalized spacial score (nSPS) is 11.4. The highest BCUT2D eigenvalue weighted by Crippen LogP contribution is 2.19. The maximum atomic E-state index is 13.5. The fourth-order valence-electron chi connectivity index (χ4n) is 2.26. The molecule has 0 fully saturated rings. The van der Waals surface area contributed by atoms with Crippen molar-refractivity contribution in [3.05, 3.63) is 59.4 Å². The molecule has 2 aromatic carbocycles. The quantitative estimate of drug-likeness (QED) is 0.658. The Morgan fingerprint density at radius 2 is 1.56 bits per heavy atom. The van der Waals surface area contributed by atoms with E-state index in [1.165, 1.54) is 0 Å². The molecule has 2 aromatic rings. The minimum absolute atomic E-state index is 0.0618. The van der Waals surface area contributed by atoms with E-state index in [1.54, 1.807) is 31.3 Å². The topological polar surface area (TPSA) is 86.4 Å². The zero-order chi connectivity index (χ0) is 20.0. The van der Waals surface area contributed by atoms with Gasteiger partial charge in [0, 0.05) is 5.69 Å². The fraction of sp³-hybridized carbons (Fsp3) is 0.167. The number of nitriles is 1. The first-order valence-electron chi connectivity index (χ1n) is 7.85. The lowest BCUT2D eigenvalue weighted by molar-refractivity contribution is -0.862. The minimum Gasteiger partial charge on any atom is -0.322 e. The molecule has 0 bridgehead atoms. The van der Waals surface area contributed by atoms with Crippen molar-refractivity contribution in [3.63, 3.8) is 0 Å². The summed E-state index contributed by atoms with van der Waals surface area (Å²) in [6, 6.07) is 9.83. The number of nitrogens with zero attached hydrogens (tertiary/aromatic N) is 1. The molecule has 0 saturated carbocycles. The summed E-state index contributed by atoms with van der Waals surface area (Å²) >= 11 is 0. The first kappa shape index (κ1) is 19.9. The van der Waals surface area contributed by atoms with Gasteiger partial charge in [-0.2, -0.15) is 5.26 Å². The van der Waals surface area contributed by atoms with Gasteiger partial charge < -0.3 is 15.5 Å². The molecule has 0 aliphatic rings. The van der Waals surface area contributed by atoms with Crippen LogP contribution in [0.1, 0.15) is 5.56 Å². The van der Waals surface area contributed by atoms with Gasteiger partial charge in [0.1, 0.15) is 0 Å². The highest BCUT2D eigenvalue weighted by Gasteiger charge is 2.18. The molecule has 0 aromatic heterocycles. The van der Waals surface area contributed by atoms with Gasteiger partial charge in [-0.05, 0) is 36.4 Å². The Bertz CT molecular complexity index is 895. The van der Waals surface area contributed by atoms with Gasteiger partial charge >= 0.3 is 0 Å². The summed E-state index contributed by atoms with van der Waals surface area (Å²) < 4.78 is 39.6. The van der Waals surface area contributed by atoms with Crippen LogP contribution < -0.4 is 15.5 Å². The van der Waals surface area contributed by atoms with E-state index < -0.39 is 29.0 Å². The van der Waals surface area contributed by atoms with E-state index in [0.717, 1.165) is 6.07 Å². The van der Waals surface area contributed by atoms with Crippen LogP contribution in [0.3, 0.4) is 0 Å². The fourth-order valence-corrected chi connectivity index (χ4v) is 2.26. The van der Waals surface area contributed by atoms with Crippen LogP contribution in [0.25, 0.3) is 0 Å². The zero-order valence-corrected chi connectivity index (χ0v) is 14.3. The van der Waals surface area contributed by atoms with Gasteiger partial charge in [-0.25, -0.2) is 13.2 Å². The van der Waals surface area contributed by atoms with E-state index in [9.17, 15) is 22.8 Å². The summed E-state index contributed by atoms with van der Waals surface area (Å²) in [7, 11) is 1.57. The Labute approximate surface area is 153 Å². The van der Waals surface area contributed by atoms with E-state index in [1.807, 2.05) is 6.07 Å². The van der Waals surface area contributed by atoms with Crippen LogP contribution in [0, 0.1) is 28.8 Å². The number of hydrogen-bond donors (Lipinski definition) is 3. The molecule has 1 atom stereocenters. The minimum atomic E-state index is -1.67. The molecule has 0 spiro atoms. The number of anilines is 2. The van der Waals surface area contributed by atoms with E-state index in [-0.39, 0.29) is 19.0 Å². The van der Waals surface area contributed by atoms with Crippen LogP contribution in [-0.2, 0) is 9.59 Å². The summed E-state index contributed by atoms with van der Waals surface area (Å²) in [6.07, 6.45) is 0. The van der Waals surface area contributed by atoms with Crippen molar-refractivity contribution in [3.8, 4) is 6.07 Å². The standard InChI is InChI=1S/C18H15F3N4O2/c1-25(9-15(26)23-12-4-2-11(8-22)3-5-12)10-16(27)24-14-7-6-13(19)17(20)18(14)21/h2-7H,9-10H2,1H3,(H,23,26)(H,24,27)/p+1. The van der Waals surface area contributed by atoms with Crippen molar-refractivity contribution in [2.45, 2.75) is 0 Å². The average Bonchev–Trinajstić information content (AvgIpc) is 2.62. The van der Waals surface area contributed by atoms with Crippen molar-refractivity contribution in [1.29, 1.82) is 5.26 Å². The van der Waals surface area contributed by atoms with Gasteiger partial charge in [0.25, 0.3) is 11.8 Å². The third-order valence-corrected chi connectivity index (χ3v) is 3.53. The van der Waals surface area contributed by atoms with Crippen LogP contribution >= 0.6 is 0 Å². The van der Waals surface area contributed by atoms with E-state index >= 15 is 0 Å². The van der Waals surface area contributed by atoms with E-state index in [2.05, 4.69) is 10.6 Å². The lowest BCUT2D eigenvalue weighted by Gasteiger charge is -2.14. The van der Waals surface area contributed by atoms with Crippen molar-refractivity contribution in [2.75, 3.05) is 30.8 Å². The maximum Gasteiger partial charge on any atom is 0.279 e. The SMILES string of the molecule is C[NH+](CC(=O)Nc1ccc(C#N)cc1)CC(=O)Nc1ccc(F)c(F)c1F. The van der Waals surface area contributed by atoms with Crippen LogP contribution in [0.2, 0.25) is 0 Å². The van der Waals surface area contributed by atoms with Crippen LogP contribution in [0.5, 0.6) is 0 Å². The molecule has 6 nitrogen and oxygen atoms in total. The van der Waals surface area contributed by atoms with Gasteiger partial charge in [0.2, 0.25) is 0 Å². The number of carbonyl (C=O) groups excluding carboxylic acids is 2.